The van der Waals surface area contributed by atoms with Crippen molar-refractivity contribution in [2.24, 2.45) is 0 Å². The lowest BCUT2D eigenvalue weighted by Gasteiger charge is -2.03. The van der Waals surface area contributed by atoms with Gasteiger partial charge in [-0.15, -0.1) is 0 Å². The van der Waals surface area contributed by atoms with Crippen LogP contribution in [-0.4, -0.2) is 15.4 Å². The Morgan fingerprint density at radius 3 is 2.60 bits per heavy atom. The van der Waals surface area contributed by atoms with Gasteiger partial charge in [0.2, 0.25) is 0 Å². The number of ketones is 1. The van der Waals surface area contributed by atoms with Gasteiger partial charge in [-0.25, -0.2) is 13.3 Å². The number of Topliss-reactive ketones (excluding diaryl/α,β-unsaturated/α-hetero) is 1. The Hall–Kier alpha value is -2.56. The standard InChI is InChI=1S/C15H10F2N2O/c16-12-4-3-5-13(17)10(12)8-15(20)11-9-18-19-7-2-1-6-14(11)19/h1-7,9H,8H2. The molecule has 0 aliphatic carbocycles. The Labute approximate surface area is 113 Å². The van der Waals surface area contributed by atoms with Crippen LogP contribution in [0.2, 0.25) is 0 Å². The smallest absolute Gasteiger partial charge is 0.171 e. The molecule has 0 radical (unpaired) electrons. The van der Waals surface area contributed by atoms with Gasteiger partial charge in [0, 0.05) is 18.2 Å². The van der Waals surface area contributed by atoms with Crippen molar-refractivity contribution in [1.82, 2.24) is 9.61 Å². The van der Waals surface area contributed by atoms with E-state index in [0.29, 0.717) is 11.1 Å². The molecule has 0 bridgehead atoms. The van der Waals surface area contributed by atoms with Gasteiger partial charge in [0.05, 0.1) is 17.3 Å². The second kappa shape index (κ2) is 4.85. The molecule has 0 aliphatic heterocycles. The first-order chi connectivity index (χ1) is 9.66. The van der Waals surface area contributed by atoms with E-state index in [1.165, 1.54) is 12.3 Å². The Bertz CT molecular complexity index is 775. The number of carbonyl (C=O) groups is 1. The average molecular weight is 272 g/mol. The number of carbonyl (C=O) groups excluding carboxylic acids is 1. The maximum atomic E-state index is 13.6. The molecule has 2 aromatic heterocycles. The lowest BCUT2D eigenvalue weighted by Crippen LogP contribution is -2.07. The zero-order valence-corrected chi connectivity index (χ0v) is 10.4. The number of pyridine rings is 1. The van der Waals surface area contributed by atoms with Crippen LogP contribution in [0.25, 0.3) is 5.52 Å². The number of nitrogens with zero attached hydrogens (tertiary/aromatic N) is 2. The highest BCUT2D eigenvalue weighted by molar-refractivity contribution is 6.03. The van der Waals surface area contributed by atoms with Gasteiger partial charge in [-0.1, -0.05) is 12.1 Å². The van der Waals surface area contributed by atoms with Crippen LogP contribution in [0.1, 0.15) is 15.9 Å². The number of hydrogen-bond donors (Lipinski definition) is 0. The first kappa shape index (κ1) is 12.5. The molecular formula is C15H10F2N2O. The minimum atomic E-state index is -0.713. The molecule has 0 saturated carbocycles. The SMILES string of the molecule is O=C(Cc1c(F)cccc1F)c1cnn2ccccc12. The van der Waals surface area contributed by atoms with Crippen molar-refractivity contribution in [3.05, 3.63) is 71.6 Å². The van der Waals surface area contributed by atoms with Crippen molar-refractivity contribution in [3.63, 3.8) is 0 Å². The number of halogens is 2. The first-order valence-electron chi connectivity index (χ1n) is 6.05. The van der Waals surface area contributed by atoms with Gasteiger partial charge in [0.25, 0.3) is 0 Å². The van der Waals surface area contributed by atoms with Gasteiger partial charge in [0.15, 0.2) is 5.78 Å². The van der Waals surface area contributed by atoms with Crippen molar-refractivity contribution in [2.45, 2.75) is 6.42 Å². The quantitative estimate of drug-likeness (QED) is 0.687. The summed E-state index contributed by atoms with van der Waals surface area (Å²) in [6, 6.07) is 8.84. The molecule has 0 spiro atoms. The van der Waals surface area contributed by atoms with Crippen molar-refractivity contribution in [3.8, 4) is 0 Å². The van der Waals surface area contributed by atoms with Crippen molar-refractivity contribution >= 4 is 11.3 Å². The summed E-state index contributed by atoms with van der Waals surface area (Å²) in [6.45, 7) is 0. The van der Waals surface area contributed by atoms with E-state index in [1.807, 2.05) is 0 Å². The predicted octanol–water partition coefficient (Wildman–Crippen LogP) is 3.04. The summed E-state index contributed by atoms with van der Waals surface area (Å²) in [7, 11) is 0. The maximum absolute atomic E-state index is 13.6. The largest absolute Gasteiger partial charge is 0.294 e. The average Bonchev–Trinajstić information content (AvgIpc) is 2.87. The first-order valence-corrected chi connectivity index (χ1v) is 6.05. The van der Waals surface area contributed by atoms with Crippen LogP contribution in [0.5, 0.6) is 0 Å². The fourth-order valence-corrected chi connectivity index (χ4v) is 2.11. The van der Waals surface area contributed by atoms with Crippen LogP contribution in [0.3, 0.4) is 0 Å². The molecule has 0 amide bonds. The van der Waals surface area contributed by atoms with E-state index in [4.69, 9.17) is 0 Å². The predicted molar refractivity (Wildman–Crippen MR) is 69.6 cm³/mol. The highest BCUT2D eigenvalue weighted by Gasteiger charge is 2.17. The lowest BCUT2D eigenvalue weighted by molar-refractivity contribution is 0.0992. The van der Waals surface area contributed by atoms with Gasteiger partial charge < -0.3 is 0 Å². The highest BCUT2D eigenvalue weighted by Crippen LogP contribution is 2.17. The van der Waals surface area contributed by atoms with Crippen LogP contribution in [0.4, 0.5) is 8.78 Å². The van der Waals surface area contributed by atoms with E-state index in [-0.39, 0.29) is 17.8 Å². The van der Waals surface area contributed by atoms with E-state index in [9.17, 15) is 13.6 Å². The Morgan fingerprint density at radius 1 is 1.10 bits per heavy atom. The van der Waals surface area contributed by atoms with Gasteiger partial charge in [-0.05, 0) is 24.3 Å². The number of fused-ring (bicyclic) bond motifs is 1. The molecular weight excluding hydrogens is 262 g/mol. The van der Waals surface area contributed by atoms with Gasteiger partial charge >= 0.3 is 0 Å². The summed E-state index contributed by atoms with van der Waals surface area (Å²) in [4.78, 5) is 12.2. The van der Waals surface area contributed by atoms with E-state index in [0.717, 1.165) is 12.1 Å². The molecule has 100 valence electrons. The minimum absolute atomic E-state index is 0.215. The van der Waals surface area contributed by atoms with Crippen LogP contribution < -0.4 is 0 Å². The fourth-order valence-electron chi connectivity index (χ4n) is 2.11. The second-order valence-corrected chi connectivity index (χ2v) is 4.39. The molecule has 5 heteroatoms. The van der Waals surface area contributed by atoms with Gasteiger partial charge in [-0.2, -0.15) is 5.10 Å². The fraction of sp³-hybridized carbons (Fsp3) is 0.0667. The number of hydrogen-bond acceptors (Lipinski definition) is 2. The van der Waals surface area contributed by atoms with Crippen molar-refractivity contribution < 1.29 is 13.6 Å². The third-order valence-corrected chi connectivity index (χ3v) is 3.13. The number of rotatable bonds is 3. The number of aromatic nitrogens is 2. The molecule has 3 rings (SSSR count). The summed E-state index contributed by atoms with van der Waals surface area (Å²) in [5.41, 5.74) is 0.760. The Morgan fingerprint density at radius 2 is 1.85 bits per heavy atom. The van der Waals surface area contributed by atoms with Gasteiger partial charge in [0.1, 0.15) is 11.6 Å². The van der Waals surface area contributed by atoms with Crippen LogP contribution in [0, 0.1) is 11.6 Å². The molecule has 3 nitrogen and oxygen atoms in total. The van der Waals surface area contributed by atoms with Crippen LogP contribution >= 0.6 is 0 Å². The molecule has 0 saturated heterocycles. The normalized spacial score (nSPS) is 10.9. The Balaban J connectivity index is 1.98. The maximum Gasteiger partial charge on any atom is 0.171 e. The molecule has 0 atom stereocenters. The van der Waals surface area contributed by atoms with Crippen molar-refractivity contribution in [1.29, 1.82) is 0 Å². The molecule has 2 heterocycles. The molecule has 0 fully saturated rings. The summed E-state index contributed by atoms with van der Waals surface area (Å²) in [6.07, 6.45) is 2.79. The third kappa shape index (κ3) is 2.07. The van der Waals surface area contributed by atoms with E-state index < -0.39 is 11.6 Å². The summed E-state index contributed by atoms with van der Waals surface area (Å²) < 4.78 is 28.7. The lowest BCUT2D eigenvalue weighted by atomic mass is 10.0. The van der Waals surface area contributed by atoms with E-state index >= 15 is 0 Å². The minimum Gasteiger partial charge on any atom is -0.294 e. The Kier molecular flexibility index (Phi) is 3.02. The molecule has 0 aliphatic rings. The highest BCUT2D eigenvalue weighted by atomic mass is 19.1. The van der Waals surface area contributed by atoms with E-state index in [1.54, 1.807) is 28.9 Å². The van der Waals surface area contributed by atoms with E-state index in [2.05, 4.69) is 5.10 Å². The van der Waals surface area contributed by atoms with Crippen LogP contribution in [0.15, 0.2) is 48.8 Å². The topological polar surface area (TPSA) is 34.4 Å². The zero-order chi connectivity index (χ0) is 14.1. The molecule has 0 N–H and O–H groups in total. The zero-order valence-electron chi connectivity index (χ0n) is 10.4. The molecule has 1 aromatic carbocycles. The van der Waals surface area contributed by atoms with Gasteiger partial charge in [-0.3, -0.25) is 4.79 Å². The monoisotopic (exact) mass is 272 g/mol. The van der Waals surface area contributed by atoms with Crippen molar-refractivity contribution in [2.75, 3.05) is 0 Å². The summed E-state index contributed by atoms with van der Waals surface area (Å²) in [5, 5.41) is 4.03. The summed E-state index contributed by atoms with van der Waals surface area (Å²) >= 11 is 0. The number of benzene rings is 1. The third-order valence-electron chi connectivity index (χ3n) is 3.13. The summed E-state index contributed by atoms with van der Waals surface area (Å²) in [5.74, 6) is -1.79. The molecule has 0 unspecified atom stereocenters. The second-order valence-electron chi connectivity index (χ2n) is 4.39. The molecule has 3 aromatic rings. The molecule has 20 heavy (non-hydrogen) atoms. The van der Waals surface area contributed by atoms with Crippen LogP contribution in [-0.2, 0) is 6.42 Å².